The maximum Gasteiger partial charge on any atom is 0.416 e. The second-order valence-corrected chi connectivity index (χ2v) is 3.96. The molecule has 0 fully saturated rings. The van der Waals surface area contributed by atoms with Crippen LogP contribution in [0.25, 0.3) is 11.1 Å². The highest BCUT2D eigenvalue weighted by molar-refractivity contribution is 5.63. The van der Waals surface area contributed by atoms with Gasteiger partial charge >= 0.3 is 6.18 Å². The lowest BCUT2D eigenvalue weighted by Crippen LogP contribution is -2.12. The molecule has 2 aromatic rings. The second kappa shape index (κ2) is 4.89. The van der Waals surface area contributed by atoms with Gasteiger partial charge in [0.1, 0.15) is 0 Å². The van der Waals surface area contributed by atoms with Crippen LogP contribution in [0.5, 0.6) is 0 Å². The van der Waals surface area contributed by atoms with Crippen LogP contribution in [-0.4, -0.2) is 10.1 Å². The van der Waals surface area contributed by atoms with Gasteiger partial charge in [-0.25, -0.2) is 0 Å². The van der Waals surface area contributed by atoms with E-state index in [0.29, 0.717) is 5.69 Å². The third kappa shape index (κ3) is 2.85. The van der Waals surface area contributed by atoms with Gasteiger partial charge in [0.25, 0.3) is 5.56 Å². The third-order valence-corrected chi connectivity index (χ3v) is 2.64. The number of halogens is 3. The molecule has 0 aliphatic rings. The fourth-order valence-corrected chi connectivity index (χ4v) is 1.70. The number of nitrogens with one attached hydrogen (secondary N) is 1. The molecule has 0 unspecified atom stereocenters. The SMILES string of the molecule is O=c1[nH]c(CO)ccc1-c1cccc(C(F)(F)F)c1. The Morgan fingerprint density at radius 2 is 1.89 bits per heavy atom. The van der Waals surface area contributed by atoms with Gasteiger partial charge in [-0.15, -0.1) is 0 Å². The Morgan fingerprint density at radius 3 is 2.47 bits per heavy atom. The summed E-state index contributed by atoms with van der Waals surface area (Å²) in [6.45, 7) is -0.335. The topological polar surface area (TPSA) is 53.1 Å². The summed E-state index contributed by atoms with van der Waals surface area (Å²) >= 11 is 0. The number of aliphatic hydroxyl groups excluding tert-OH is 1. The molecule has 1 aromatic heterocycles. The highest BCUT2D eigenvalue weighted by Gasteiger charge is 2.30. The Kier molecular flexibility index (Phi) is 3.44. The monoisotopic (exact) mass is 269 g/mol. The molecule has 2 N–H and O–H groups in total. The number of benzene rings is 1. The molecule has 0 saturated heterocycles. The van der Waals surface area contributed by atoms with Crippen LogP contribution in [0.2, 0.25) is 0 Å². The second-order valence-electron chi connectivity index (χ2n) is 3.96. The minimum atomic E-state index is -4.45. The van der Waals surface area contributed by atoms with Crippen LogP contribution < -0.4 is 5.56 Å². The molecule has 6 heteroatoms. The van der Waals surface area contributed by atoms with Gasteiger partial charge in [0.2, 0.25) is 0 Å². The first-order valence-electron chi connectivity index (χ1n) is 5.42. The summed E-state index contributed by atoms with van der Waals surface area (Å²) in [5, 5.41) is 8.86. The Balaban J connectivity index is 2.51. The van der Waals surface area contributed by atoms with Crippen molar-refractivity contribution in [3.63, 3.8) is 0 Å². The van der Waals surface area contributed by atoms with Crippen molar-refractivity contribution in [1.82, 2.24) is 4.98 Å². The first-order chi connectivity index (χ1) is 8.91. The number of aromatic nitrogens is 1. The zero-order valence-corrected chi connectivity index (χ0v) is 9.66. The van der Waals surface area contributed by atoms with Gasteiger partial charge < -0.3 is 10.1 Å². The number of alkyl halides is 3. The highest BCUT2D eigenvalue weighted by atomic mass is 19.4. The lowest BCUT2D eigenvalue weighted by atomic mass is 10.0. The summed E-state index contributed by atoms with van der Waals surface area (Å²) in [5.74, 6) is 0. The molecule has 0 amide bonds. The van der Waals surface area contributed by atoms with E-state index in [1.807, 2.05) is 0 Å². The van der Waals surface area contributed by atoms with Crippen molar-refractivity contribution in [3.05, 3.63) is 58.0 Å². The summed E-state index contributed by atoms with van der Waals surface area (Å²) in [6.07, 6.45) is -4.45. The number of pyridine rings is 1. The molecule has 3 nitrogen and oxygen atoms in total. The maximum atomic E-state index is 12.6. The lowest BCUT2D eigenvalue weighted by molar-refractivity contribution is -0.137. The van der Waals surface area contributed by atoms with Crippen LogP contribution in [0.4, 0.5) is 13.2 Å². The lowest BCUT2D eigenvalue weighted by Gasteiger charge is -2.08. The van der Waals surface area contributed by atoms with E-state index in [1.165, 1.54) is 24.3 Å². The first kappa shape index (κ1) is 13.4. The minimum absolute atomic E-state index is 0.128. The van der Waals surface area contributed by atoms with Crippen LogP contribution in [0.3, 0.4) is 0 Å². The third-order valence-electron chi connectivity index (χ3n) is 2.64. The van der Waals surface area contributed by atoms with E-state index in [2.05, 4.69) is 4.98 Å². The molecule has 19 heavy (non-hydrogen) atoms. The van der Waals surface area contributed by atoms with Gasteiger partial charge in [0, 0.05) is 11.3 Å². The molecular formula is C13H10F3NO2. The smallest absolute Gasteiger partial charge is 0.390 e. The van der Waals surface area contributed by atoms with Crippen LogP contribution in [0, 0.1) is 0 Å². The molecule has 0 saturated carbocycles. The van der Waals surface area contributed by atoms with Crippen molar-refractivity contribution in [1.29, 1.82) is 0 Å². The summed E-state index contributed by atoms with van der Waals surface area (Å²) in [4.78, 5) is 14.1. The van der Waals surface area contributed by atoms with E-state index in [-0.39, 0.29) is 17.7 Å². The van der Waals surface area contributed by atoms with E-state index >= 15 is 0 Å². The van der Waals surface area contributed by atoms with Crippen molar-refractivity contribution in [3.8, 4) is 11.1 Å². The molecule has 2 rings (SSSR count). The molecule has 0 aliphatic carbocycles. The number of aliphatic hydroxyl groups is 1. The fraction of sp³-hybridized carbons (Fsp3) is 0.154. The zero-order chi connectivity index (χ0) is 14.0. The van der Waals surface area contributed by atoms with Gasteiger partial charge in [0.05, 0.1) is 12.2 Å². The average Bonchev–Trinajstić information content (AvgIpc) is 2.37. The predicted molar refractivity (Wildman–Crippen MR) is 63.4 cm³/mol. The Morgan fingerprint density at radius 1 is 1.16 bits per heavy atom. The van der Waals surface area contributed by atoms with Gasteiger partial charge in [0.15, 0.2) is 0 Å². The van der Waals surface area contributed by atoms with Crippen LogP contribution in [0.15, 0.2) is 41.2 Å². The molecule has 0 atom stereocenters. The normalized spacial score (nSPS) is 11.6. The Labute approximate surface area is 106 Å². The van der Waals surface area contributed by atoms with Crippen molar-refractivity contribution in [2.24, 2.45) is 0 Å². The van der Waals surface area contributed by atoms with Crippen LogP contribution >= 0.6 is 0 Å². The summed E-state index contributed by atoms with van der Waals surface area (Å²) < 4.78 is 37.8. The molecule has 0 bridgehead atoms. The molecular weight excluding hydrogens is 259 g/mol. The van der Waals surface area contributed by atoms with Gasteiger partial charge in [-0.2, -0.15) is 13.2 Å². The largest absolute Gasteiger partial charge is 0.416 e. The Hall–Kier alpha value is -2.08. The standard InChI is InChI=1S/C13H10F3NO2/c14-13(15,16)9-3-1-2-8(6-9)11-5-4-10(7-18)17-12(11)19/h1-6,18H,7H2,(H,17,19). The van der Waals surface area contributed by atoms with Crippen LogP contribution in [0.1, 0.15) is 11.3 Å². The van der Waals surface area contributed by atoms with E-state index < -0.39 is 17.3 Å². The minimum Gasteiger partial charge on any atom is -0.390 e. The summed E-state index contributed by atoms with van der Waals surface area (Å²) in [7, 11) is 0. The van der Waals surface area contributed by atoms with Gasteiger partial charge in [-0.3, -0.25) is 4.79 Å². The molecule has 100 valence electrons. The molecule has 0 aliphatic heterocycles. The van der Waals surface area contributed by atoms with E-state index in [1.54, 1.807) is 0 Å². The van der Waals surface area contributed by atoms with E-state index in [9.17, 15) is 18.0 Å². The van der Waals surface area contributed by atoms with E-state index in [4.69, 9.17) is 5.11 Å². The predicted octanol–water partition coefficient (Wildman–Crippen LogP) is 2.55. The quantitative estimate of drug-likeness (QED) is 0.880. The summed E-state index contributed by atoms with van der Waals surface area (Å²) in [5.41, 5.74) is -0.730. The number of aromatic amines is 1. The zero-order valence-electron chi connectivity index (χ0n) is 9.66. The molecule has 1 heterocycles. The van der Waals surface area contributed by atoms with Crippen LogP contribution in [-0.2, 0) is 12.8 Å². The highest BCUT2D eigenvalue weighted by Crippen LogP contribution is 2.31. The van der Waals surface area contributed by atoms with Gasteiger partial charge in [-0.05, 0) is 29.8 Å². The molecule has 0 radical (unpaired) electrons. The Bertz CT molecular complexity index is 647. The maximum absolute atomic E-state index is 12.6. The van der Waals surface area contributed by atoms with Gasteiger partial charge in [-0.1, -0.05) is 12.1 Å². The van der Waals surface area contributed by atoms with Crippen molar-refractivity contribution < 1.29 is 18.3 Å². The number of rotatable bonds is 2. The van der Waals surface area contributed by atoms with Crippen molar-refractivity contribution in [2.75, 3.05) is 0 Å². The fourth-order valence-electron chi connectivity index (χ4n) is 1.70. The number of hydrogen-bond acceptors (Lipinski definition) is 2. The first-order valence-corrected chi connectivity index (χ1v) is 5.42. The van der Waals surface area contributed by atoms with Crippen molar-refractivity contribution in [2.45, 2.75) is 12.8 Å². The van der Waals surface area contributed by atoms with E-state index in [0.717, 1.165) is 12.1 Å². The number of hydrogen-bond donors (Lipinski definition) is 2. The van der Waals surface area contributed by atoms with Crippen molar-refractivity contribution >= 4 is 0 Å². The molecule has 1 aromatic carbocycles. The number of H-pyrrole nitrogens is 1. The average molecular weight is 269 g/mol. The molecule has 0 spiro atoms. The summed E-state index contributed by atoms with van der Waals surface area (Å²) in [6, 6.07) is 7.38.